The van der Waals surface area contributed by atoms with E-state index in [0.29, 0.717) is 5.76 Å². The molecule has 3 N–H and O–H groups in total. The van der Waals surface area contributed by atoms with Crippen LogP contribution in [-0.4, -0.2) is 36.3 Å². The zero-order valence-corrected chi connectivity index (χ0v) is 11.8. The number of furan rings is 1. The lowest BCUT2D eigenvalue weighted by Gasteiger charge is -2.08. The van der Waals surface area contributed by atoms with Crippen LogP contribution in [0.2, 0.25) is 0 Å². The number of aliphatic hydroxyl groups excluding tert-OH is 1. The molecule has 1 heterocycles. The molecule has 0 saturated carbocycles. The van der Waals surface area contributed by atoms with E-state index in [1.165, 1.54) is 12.5 Å². The van der Waals surface area contributed by atoms with Crippen LogP contribution in [0.5, 0.6) is 0 Å². The van der Waals surface area contributed by atoms with Crippen LogP contribution in [-0.2, 0) is 14.3 Å². The van der Waals surface area contributed by atoms with Gasteiger partial charge in [0.25, 0.3) is 5.95 Å². The third kappa shape index (κ3) is 5.01. The Morgan fingerprint density at radius 3 is 2.71 bits per heavy atom. The molecular formula is C13H17N3O5. The summed E-state index contributed by atoms with van der Waals surface area (Å²) in [7, 11) is 0. The number of hydrogen-bond acceptors (Lipinski definition) is 7. The van der Waals surface area contributed by atoms with Gasteiger partial charge in [0.1, 0.15) is 5.76 Å². The van der Waals surface area contributed by atoms with E-state index in [1.54, 1.807) is 26.0 Å². The molecule has 1 aromatic rings. The maximum absolute atomic E-state index is 11.7. The van der Waals surface area contributed by atoms with Gasteiger partial charge in [-0.15, -0.1) is 5.10 Å². The number of carbonyl (C=O) groups is 1. The van der Waals surface area contributed by atoms with Crippen LogP contribution in [0.1, 0.15) is 19.6 Å². The van der Waals surface area contributed by atoms with Gasteiger partial charge < -0.3 is 24.7 Å². The Morgan fingerprint density at radius 1 is 1.43 bits per heavy atom. The highest BCUT2D eigenvalue weighted by molar-refractivity contribution is 6.18. The summed E-state index contributed by atoms with van der Waals surface area (Å²) in [5, 5.41) is 17.0. The number of carbonyl (C=O) groups excluding carboxylic acids is 1. The van der Waals surface area contributed by atoms with Crippen LogP contribution in [0.15, 0.2) is 44.5 Å². The second-order valence-corrected chi connectivity index (χ2v) is 3.58. The highest BCUT2D eigenvalue weighted by Gasteiger charge is 2.22. The average Bonchev–Trinajstić information content (AvgIpc) is 2.92. The molecule has 0 aromatic carbocycles. The van der Waals surface area contributed by atoms with Gasteiger partial charge in [0.15, 0.2) is 11.4 Å². The zero-order valence-electron chi connectivity index (χ0n) is 11.8. The Morgan fingerprint density at radius 2 is 2.14 bits per heavy atom. The van der Waals surface area contributed by atoms with Gasteiger partial charge in [-0.05, 0) is 26.0 Å². The average molecular weight is 295 g/mol. The highest BCUT2D eigenvalue weighted by atomic mass is 16.6. The number of aliphatic hydroxyl groups is 1. The number of amidine groups is 1. The molecule has 0 aliphatic heterocycles. The van der Waals surface area contributed by atoms with Crippen molar-refractivity contribution in [2.45, 2.75) is 13.8 Å². The first-order valence-electron chi connectivity index (χ1n) is 6.23. The number of nitrogens with zero attached hydrogens (tertiary/aromatic N) is 2. The van der Waals surface area contributed by atoms with Gasteiger partial charge in [-0.25, -0.2) is 4.79 Å². The molecule has 21 heavy (non-hydrogen) atoms. The molecule has 0 amide bonds. The lowest BCUT2D eigenvalue weighted by molar-refractivity contribution is -0.138. The summed E-state index contributed by atoms with van der Waals surface area (Å²) in [4.78, 5) is 11.7. The van der Waals surface area contributed by atoms with E-state index in [1.807, 2.05) is 0 Å². The standard InChI is InChI=1S/C13H17N3O5/c1-3-19-12(17)10(13(18)20-4-2)11(14)16-15-8-9-6-5-7-21-9/h5-8,17H,3-4H2,1-2H3,(H2,14,16)/b12-10-,15-8-. The third-order valence-corrected chi connectivity index (χ3v) is 2.12. The molecule has 1 rings (SSSR count). The molecule has 0 aliphatic rings. The van der Waals surface area contributed by atoms with Gasteiger partial charge >= 0.3 is 5.97 Å². The fraction of sp³-hybridized carbons (Fsp3) is 0.308. The smallest absolute Gasteiger partial charge is 0.349 e. The normalized spacial score (nSPS) is 13.1. The van der Waals surface area contributed by atoms with E-state index in [9.17, 15) is 9.90 Å². The molecule has 114 valence electrons. The number of rotatable bonds is 7. The molecule has 0 bridgehead atoms. The van der Waals surface area contributed by atoms with Crippen molar-refractivity contribution in [1.82, 2.24) is 0 Å². The number of hydrogen-bond donors (Lipinski definition) is 2. The van der Waals surface area contributed by atoms with Crippen molar-refractivity contribution in [1.29, 1.82) is 0 Å². The molecule has 0 fully saturated rings. The van der Waals surface area contributed by atoms with Crippen molar-refractivity contribution in [3.63, 3.8) is 0 Å². The molecule has 0 atom stereocenters. The van der Waals surface area contributed by atoms with Gasteiger partial charge in [0.05, 0.1) is 25.7 Å². The van der Waals surface area contributed by atoms with Crippen LogP contribution in [0, 0.1) is 0 Å². The summed E-state index contributed by atoms with van der Waals surface area (Å²) < 4.78 is 14.6. The van der Waals surface area contributed by atoms with Gasteiger partial charge in [-0.3, -0.25) is 0 Å². The van der Waals surface area contributed by atoms with Crippen molar-refractivity contribution >= 4 is 18.0 Å². The highest BCUT2D eigenvalue weighted by Crippen LogP contribution is 2.07. The van der Waals surface area contributed by atoms with E-state index < -0.39 is 11.9 Å². The quantitative estimate of drug-likeness (QED) is 0.195. The second kappa shape index (κ2) is 8.41. The first-order chi connectivity index (χ1) is 10.1. The largest absolute Gasteiger partial charge is 0.480 e. The molecule has 0 unspecified atom stereocenters. The molecule has 0 saturated heterocycles. The minimum absolute atomic E-state index is 0.116. The molecule has 8 heteroatoms. The summed E-state index contributed by atoms with van der Waals surface area (Å²) in [5.74, 6) is -1.38. The maximum Gasteiger partial charge on any atom is 0.349 e. The Bertz CT molecular complexity index is 546. The first kappa shape index (κ1) is 16.3. The Labute approximate surface area is 121 Å². The van der Waals surface area contributed by atoms with Crippen molar-refractivity contribution in [2.24, 2.45) is 15.9 Å². The third-order valence-electron chi connectivity index (χ3n) is 2.12. The summed E-state index contributed by atoms with van der Waals surface area (Å²) in [6.45, 7) is 3.53. The minimum Gasteiger partial charge on any atom is -0.480 e. The van der Waals surface area contributed by atoms with Crippen molar-refractivity contribution in [3.05, 3.63) is 35.7 Å². The molecule has 8 nitrogen and oxygen atoms in total. The molecule has 0 spiro atoms. The van der Waals surface area contributed by atoms with E-state index in [-0.39, 0.29) is 24.6 Å². The van der Waals surface area contributed by atoms with Crippen LogP contribution in [0.4, 0.5) is 0 Å². The predicted molar refractivity (Wildman–Crippen MR) is 75.8 cm³/mol. The Balaban J connectivity index is 2.96. The summed E-state index contributed by atoms with van der Waals surface area (Å²) in [6, 6.07) is 3.34. The number of nitrogens with two attached hydrogens (primary N) is 1. The molecule has 0 radical (unpaired) electrons. The topological polar surface area (TPSA) is 120 Å². The lowest BCUT2D eigenvalue weighted by Crippen LogP contribution is -2.25. The van der Waals surface area contributed by atoms with Gasteiger partial charge in [0, 0.05) is 0 Å². The summed E-state index contributed by atoms with van der Waals surface area (Å²) in [5.41, 5.74) is 5.25. The summed E-state index contributed by atoms with van der Waals surface area (Å²) >= 11 is 0. The van der Waals surface area contributed by atoms with Crippen LogP contribution in [0.25, 0.3) is 0 Å². The van der Waals surface area contributed by atoms with E-state index in [0.717, 1.165) is 0 Å². The van der Waals surface area contributed by atoms with Crippen molar-refractivity contribution < 1.29 is 23.8 Å². The van der Waals surface area contributed by atoms with E-state index in [2.05, 4.69) is 10.2 Å². The summed E-state index contributed by atoms with van der Waals surface area (Å²) in [6.07, 6.45) is 2.77. The van der Waals surface area contributed by atoms with Gasteiger partial charge in [0.2, 0.25) is 0 Å². The van der Waals surface area contributed by atoms with E-state index in [4.69, 9.17) is 19.6 Å². The number of esters is 1. The Hall–Kier alpha value is -2.77. The second-order valence-electron chi connectivity index (χ2n) is 3.58. The Kier molecular flexibility index (Phi) is 6.52. The fourth-order valence-electron chi connectivity index (χ4n) is 1.28. The van der Waals surface area contributed by atoms with E-state index >= 15 is 0 Å². The monoisotopic (exact) mass is 295 g/mol. The van der Waals surface area contributed by atoms with Crippen LogP contribution < -0.4 is 5.73 Å². The molecular weight excluding hydrogens is 278 g/mol. The van der Waals surface area contributed by atoms with Crippen molar-refractivity contribution in [2.75, 3.05) is 13.2 Å². The zero-order chi connectivity index (χ0) is 15.7. The SMILES string of the molecule is CCOC(=O)C(/C(N)=N/N=C\c1ccco1)=C(/O)OCC. The lowest BCUT2D eigenvalue weighted by atomic mass is 10.2. The van der Waals surface area contributed by atoms with Crippen molar-refractivity contribution in [3.8, 4) is 0 Å². The van der Waals surface area contributed by atoms with Gasteiger partial charge in [-0.1, -0.05) is 0 Å². The minimum atomic E-state index is -0.849. The van der Waals surface area contributed by atoms with Crippen LogP contribution >= 0.6 is 0 Å². The molecule has 0 aliphatic carbocycles. The van der Waals surface area contributed by atoms with Gasteiger partial charge in [-0.2, -0.15) is 5.10 Å². The first-order valence-corrected chi connectivity index (χ1v) is 6.23. The number of ether oxygens (including phenoxy) is 2. The maximum atomic E-state index is 11.7. The fourth-order valence-corrected chi connectivity index (χ4v) is 1.28. The molecule has 1 aromatic heterocycles. The van der Waals surface area contributed by atoms with Crippen LogP contribution in [0.3, 0.4) is 0 Å². The predicted octanol–water partition coefficient (Wildman–Crippen LogP) is 1.34.